The topological polar surface area (TPSA) is 65.8 Å². The highest BCUT2D eigenvalue weighted by Crippen LogP contribution is 2.28. The Kier molecular flexibility index (Phi) is 6.12. The molecule has 1 aliphatic heterocycles. The molecule has 0 N–H and O–H groups in total. The van der Waals surface area contributed by atoms with Crippen LogP contribution in [-0.2, 0) is 0 Å². The van der Waals surface area contributed by atoms with Gasteiger partial charge in [-0.2, -0.15) is 5.26 Å². The summed E-state index contributed by atoms with van der Waals surface area (Å²) in [6.45, 7) is 2.14. The Hall–Kier alpha value is -3.11. The number of carbonyl (C=O) groups excluding carboxylic acids is 1. The molecule has 2 aromatic carbocycles. The first kappa shape index (κ1) is 19.6. The molecular weight excluding hydrogens is 361 g/mol. The molecule has 146 valence electrons. The summed E-state index contributed by atoms with van der Waals surface area (Å²) in [6, 6.07) is 12.9. The summed E-state index contributed by atoms with van der Waals surface area (Å²) in [5.41, 5.74) is 1.28. The molecule has 6 nitrogen and oxygen atoms in total. The average Bonchev–Trinajstić information content (AvgIpc) is 2.75. The molecule has 0 aliphatic carbocycles. The van der Waals surface area contributed by atoms with E-state index in [1.807, 2.05) is 4.90 Å². The Bertz CT molecular complexity index is 871. The van der Waals surface area contributed by atoms with Crippen LogP contribution < -0.4 is 9.47 Å². The number of carbonyl (C=O) groups is 1. The van der Waals surface area contributed by atoms with Crippen molar-refractivity contribution in [3.63, 3.8) is 0 Å². The van der Waals surface area contributed by atoms with Crippen LogP contribution in [0.2, 0.25) is 0 Å². The van der Waals surface area contributed by atoms with Crippen molar-refractivity contribution in [3.8, 4) is 17.6 Å². The molecule has 0 aromatic heterocycles. The molecule has 0 bridgehead atoms. The fraction of sp³-hybridized carbons (Fsp3) is 0.333. The molecule has 3 rings (SSSR count). The second-order valence-electron chi connectivity index (χ2n) is 6.48. The van der Waals surface area contributed by atoms with Crippen LogP contribution in [-0.4, -0.2) is 56.1 Å². The van der Waals surface area contributed by atoms with Gasteiger partial charge in [-0.25, -0.2) is 4.39 Å². The summed E-state index contributed by atoms with van der Waals surface area (Å²) < 4.78 is 23.6. The molecule has 0 unspecified atom stereocenters. The van der Waals surface area contributed by atoms with Crippen LogP contribution in [0.15, 0.2) is 42.5 Å². The van der Waals surface area contributed by atoms with E-state index >= 15 is 0 Å². The summed E-state index contributed by atoms with van der Waals surface area (Å²) in [6.07, 6.45) is 0. The maximum Gasteiger partial charge on any atom is 0.254 e. The molecule has 1 heterocycles. The Labute approximate surface area is 163 Å². The Morgan fingerprint density at radius 3 is 2.25 bits per heavy atom. The molecule has 1 atom stereocenters. The van der Waals surface area contributed by atoms with Crippen molar-refractivity contribution in [2.75, 3.05) is 40.4 Å². The molecule has 1 amide bonds. The van der Waals surface area contributed by atoms with Crippen LogP contribution in [0.5, 0.6) is 11.5 Å². The van der Waals surface area contributed by atoms with Gasteiger partial charge in [0.1, 0.15) is 11.9 Å². The number of methoxy groups -OCH3 is 2. The summed E-state index contributed by atoms with van der Waals surface area (Å²) in [7, 11) is 3.08. The summed E-state index contributed by atoms with van der Waals surface area (Å²) in [5.74, 6) is 0.662. The van der Waals surface area contributed by atoms with Crippen molar-refractivity contribution in [2.24, 2.45) is 0 Å². The Balaban J connectivity index is 1.67. The van der Waals surface area contributed by atoms with E-state index in [4.69, 9.17) is 9.47 Å². The summed E-state index contributed by atoms with van der Waals surface area (Å²) in [5, 5.41) is 9.57. The van der Waals surface area contributed by atoms with Crippen molar-refractivity contribution in [1.29, 1.82) is 5.26 Å². The summed E-state index contributed by atoms with van der Waals surface area (Å²) >= 11 is 0. The molecule has 0 radical (unpaired) electrons. The van der Waals surface area contributed by atoms with Gasteiger partial charge in [0.2, 0.25) is 0 Å². The summed E-state index contributed by atoms with van der Waals surface area (Å²) in [4.78, 5) is 16.6. The fourth-order valence-corrected chi connectivity index (χ4v) is 3.35. The molecule has 0 spiro atoms. The van der Waals surface area contributed by atoms with Gasteiger partial charge in [0.15, 0.2) is 11.5 Å². The van der Waals surface area contributed by atoms with E-state index in [-0.39, 0.29) is 11.7 Å². The van der Waals surface area contributed by atoms with E-state index in [1.165, 1.54) is 19.2 Å². The van der Waals surface area contributed by atoms with Crippen molar-refractivity contribution >= 4 is 5.91 Å². The molecular formula is C21H22FN3O3. The molecule has 0 saturated carbocycles. The average molecular weight is 383 g/mol. The fourth-order valence-electron chi connectivity index (χ4n) is 3.35. The minimum absolute atomic E-state index is 0.0871. The molecule has 1 aliphatic rings. The second-order valence-corrected chi connectivity index (χ2v) is 6.48. The first-order valence-corrected chi connectivity index (χ1v) is 8.97. The van der Waals surface area contributed by atoms with Crippen molar-refractivity contribution < 1.29 is 18.7 Å². The predicted octanol–water partition coefficient (Wildman–Crippen LogP) is 2.87. The van der Waals surface area contributed by atoms with Crippen LogP contribution in [0.3, 0.4) is 0 Å². The lowest BCUT2D eigenvalue weighted by Crippen LogP contribution is -2.49. The van der Waals surface area contributed by atoms with Gasteiger partial charge in [0, 0.05) is 31.7 Å². The Morgan fingerprint density at radius 2 is 1.68 bits per heavy atom. The zero-order valence-corrected chi connectivity index (χ0v) is 15.9. The third-order valence-corrected chi connectivity index (χ3v) is 4.91. The number of rotatable bonds is 5. The quantitative estimate of drug-likeness (QED) is 0.794. The van der Waals surface area contributed by atoms with Crippen LogP contribution in [0.25, 0.3) is 0 Å². The molecule has 1 saturated heterocycles. The maximum absolute atomic E-state index is 13.1. The smallest absolute Gasteiger partial charge is 0.254 e. The maximum atomic E-state index is 13.1. The van der Waals surface area contributed by atoms with Gasteiger partial charge in [-0.05, 0) is 35.9 Å². The van der Waals surface area contributed by atoms with Gasteiger partial charge >= 0.3 is 0 Å². The number of nitriles is 1. The van der Waals surface area contributed by atoms with E-state index < -0.39 is 6.04 Å². The normalized spacial score (nSPS) is 15.6. The predicted molar refractivity (Wildman–Crippen MR) is 102 cm³/mol. The minimum atomic E-state index is -0.459. The van der Waals surface area contributed by atoms with E-state index in [2.05, 4.69) is 6.07 Å². The van der Waals surface area contributed by atoms with Crippen LogP contribution in [0, 0.1) is 17.1 Å². The number of benzene rings is 2. The number of halogens is 1. The van der Waals surface area contributed by atoms with Crippen LogP contribution in [0.4, 0.5) is 4.39 Å². The highest BCUT2D eigenvalue weighted by atomic mass is 19.1. The number of piperazine rings is 1. The monoisotopic (exact) mass is 383 g/mol. The third-order valence-electron chi connectivity index (χ3n) is 4.91. The number of ether oxygens (including phenoxy) is 2. The van der Waals surface area contributed by atoms with Gasteiger partial charge in [-0.1, -0.05) is 12.1 Å². The largest absolute Gasteiger partial charge is 0.493 e. The zero-order valence-electron chi connectivity index (χ0n) is 15.9. The van der Waals surface area contributed by atoms with Crippen LogP contribution in [0.1, 0.15) is 22.0 Å². The highest BCUT2D eigenvalue weighted by Gasteiger charge is 2.28. The van der Waals surface area contributed by atoms with Crippen molar-refractivity contribution in [3.05, 3.63) is 59.4 Å². The molecule has 28 heavy (non-hydrogen) atoms. The minimum Gasteiger partial charge on any atom is -0.493 e. The molecule has 2 aromatic rings. The van der Waals surface area contributed by atoms with Gasteiger partial charge in [-0.15, -0.1) is 0 Å². The number of amides is 1. The molecule has 1 fully saturated rings. The van der Waals surface area contributed by atoms with E-state index in [1.54, 1.807) is 42.3 Å². The SMILES string of the molecule is COc1ccc(C(=O)N2CCN([C@H](C#N)c3ccc(F)cc3)CC2)cc1OC. The van der Waals surface area contributed by atoms with E-state index in [9.17, 15) is 14.4 Å². The standard InChI is InChI=1S/C21H22FN3O3/c1-27-19-8-5-16(13-20(19)28-2)21(26)25-11-9-24(10-12-25)18(14-23)15-3-6-17(22)7-4-15/h3-8,13,18H,9-12H2,1-2H3/t18-/m1/s1. The van der Waals surface area contributed by atoms with Gasteiger partial charge in [0.05, 0.1) is 20.3 Å². The number of nitrogens with zero attached hydrogens (tertiary/aromatic N) is 3. The van der Waals surface area contributed by atoms with Crippen LogP contribution >= 0.6 is 0 Å². The third kappa shape index (κ3) is 4.07. The van der Waals surface area contributed by atoms with Gasteiger partial charge in [-0.3, -0.25) is 9.69 Å². The first-order chi connectivity index (χ1) is 13.6. The second kappa shape index (κ2) is 8.72. The number of hydrogen-bond donors (Lipinski definition) is 0. The van der Waals surface area contributed by atoms with Gasteiger partial charge in [0.25, 0.3) is 5.91 Å². The number of hydrogen-bond acceptors (Lipinski definition) is 5. The lowest BCUT2D eigenvalue weighted by molar-refractivity contribution is 0.0606. The first-order valence-electron chi connectivity index (χ1n) is 8.97. The van der Waals surface area contributed by atoms with E-state index in [0.717, 1.165) is 5.56 Å². The van der Waals surface area contributed by atoms with Crippen molar-refractivity contribution in [2.45, 2.75) is 6.04 Å². The molecule has 7 heteroatoms. The lowest BCUT2D eigenvalue weighted by Gasteiger charge is -2.37. The lowest BCUT2D eigenvalue weighted by atomic mass is 10.1. The van der Waals surface area contributed by atoms with Gasteiger partial charge < -0.3 is 14.4 Å². The Morgan fingerprint density at radius 1 is 1.04 bits per heavy atom. The highest BCUT2D eigenvalue weighted by molar-refractivity contribution is 5.95. The zero-order chi connectivity index (χ0) is 20.1. The van der Waals surface area contributed by atoms with Crippen molar-refractivity contribution in [1.82, 2.24) is 9.80 Å². The van der Waals surface area contributed by atoms with E-state index in [0.29, 0.717) is 43.2 Å².